The van der Waals surface area contributed by atoms with E-state index in [1.54, 1.807) is 12.4 Å². The zero-order chi connectivity index (χ0) is 29.3. The van der Waals surface area contributed by atoms with Crippen LogP contribution in [0.2, 0.25) is 0 Å². The molecule has 8 rings (SSSR count). The molecule has 0 unspecified atom stereocenters. The van der Waals surface area contributed by atoms with Gasteiger partial charge in [-0.3, -0.25) is 19.9 Å². The summed E-state index contributed by atoms with van der Waals surface area (Å²) in [7, 11) is 0. The van der Waals surface area contributed by atoms with Crippen LogP contribution in [0.5, 0.6) is 0 Å². The van der Waals surface area contributed by atoms with Gasteiger partial charge in [-0.2, -0.15) is 0 Å². The molecule has 0 spiro atoms. The second-order valence-electron chi connectivity index (χ2n) is 10.7. The molecule has 44 heavy (non-hydrogen) atoms. The summed E-state index contributed by atoms with van der Waals surface area (Å²) in [5.41, 5.74) is 10.2. The summed E-state index contributed by atoms with van der Waals surface area (Å²) in [6, 6.07) is 46.2. The highest BCUT2D eigenvalue weighted by molar-refractivity contribution is 6.21. The Hall–Kier alpha value is -6.00. The first-order valence-corrected chi connectivity index (χ1v) is 14.6. The lowest BCUT2D eigenvalue weighted by Crippen LogP contribution is -1.94. The largest absolute Gasteiger partial charge is 0.255 e. The fourth-order valence-electron chi connectivity index (χ4n) is 6.03. The summed E-state index contributed by atoms with van der Waals surface area (Å²) >= 11 is 0. The third kappa shape index (κ3) is 4.59. The number of benzene rings is 4. The monoisotopic (exact) mass is 562 g/mol. The minimum Gasteiger partial charge on any atom is -0.255 e. The molecule has 0 N–H and O–H groups in total. The van der Waals surface area contributed by atoms with E-state index in [9.17, 15) is 0 Å². The van der Waals surface area contributed by atoms with Gasteiger partial charge >= 0.3 is 0 Å². The maximum atomic E-state index is 4.86. The van der Waals surface area contributed by atoms with Crippen LogP contribution in [0.15, 0.2) is 158 Å². The molecule has 0 aliphatic carbocycles. The zero-order valence-corrected chi connectivity index (χ0v) is 23.8. The van der Waals surface area contributed by atoms with E-state index in [1.165, 1.54) is 32.7 Å². The standard InChI is InChI=1S/C40H26N4/c1-2-10-27(11-3-1)28-16-19-33-34(24-28)40(30-18-21-38(44-26-30)36-15-7-9-23-42-36)32-13-5-4-12-31(32)39(33)29-17-20-37(43-25-29)35-14-6-8-22-41-35/h1-26H. The van der Waals surface area contributed by atoms with Gasteiger partial charge < -0.3 is 0 Å². The first-order valence-electron chi connectivity index (χ1n) is 14.6. The van der Waals surface area contributed by atoms with Crippen LogP contribution in [0.1, 0.15) is 0 Å². The summed E-state index contributed by atoms with van der Waals surface area (Å²) in [5.74, 6) is 0. The Morgan fingerprint density at radius 3 is 1.30 bits per heavy atom. The molecule has 0 radical (unpaired) electrons. The van der Waals surface area contributed by atoms with Gasteiger partial charge in [0.15, 0.2) is 0 Å². The number of aromatic nitrogens is 4. The second kappa shape index (κ2) is 11.0. The van der Waals surface area contributed by atoms with E-state index >= 15 is 0 Å². The Labute approximate surface area is 255 Å². The number of pyridine rings is 4. The number of nitrogens with zero attached hydrogens (tertiary/aromatic N) is 4. The molecule has 0 fully saturated rings. The van der Waals surface area contributed by atoms with Crippen molar-refractivity contribution in [2.75, 3.05) is 0 Å². The number of fused-ring (bicyclic) bond motifs is 2. The van der Waals surface area contributed by atoms with E-state index in [0.29, 0.717) is 0 Å². The Bertz CT molecular complexity index is 2230. The second-order valence-corrected chi connectivity index (χ2v) is 10.7. The molecule has 4 aromatic heterocycles. The molecule has 0 saturated carbocycles. The average molecular weight is 563 g/mol. The molecule has 0 saturated heterocycles. The Balaban J connectivity index is 1.38. The van der Waals surface area contributed by atoms with Gasteiger partial charge in [-0.1, -0.05) is 91.0 Å². The normalized spacial score (nSPS) is 11.2. The summed E-state index contributed by atoms with van der Waals surface area (Å²) in [5, 5.41) is 4.67. The predicted octanol–water partition coefficient (Wildman–Crippen LogP) is 9.91. The van der Waals surface area contributed by atoms with Gasteiger partial charge in [0.05, 0.1) is 22.8 Å². The predicted molar refractivity (Wildman–Crippen MR) is 180 cm³/mol. The van der Waals surface area contributed by atoms with E-state index < -0.39 is 0 Å². The van der Waals surface area contributed by atoms with Crippen LogP contribution in [0.25, 0.3) is 77.7 Å². The van der Waals surface area contributed by atoms with Crippen LogP contribution >= 0.6 is 0 Å². The number of hydrogen-bond donors (Lipinski definition) is 0. The van der Waals surface area contributed by atoms with Gasteiger partial charge in [-0.25, -0.2) is 0 Å². The van der Waals surface area contributed by atoms with Gasteiger partial charge in [-0.15, -0.1) is 0 Å². The van der Waals surface area contributed by atoms with Crippen molar-refractivity contribution in [3.05, 3.63) is 158 Å². The SMILES string of the molecule is c1ccc(-c2ccc3c(-c4ccc(-c5ccccn5)nc4)c4ccccc4c(-c4ccc(-c5ccccn5)nc4)c3c2)cc1. The minimum atomic E-state index is 0.851. The van der Waals surface area contributed by atoms with E-state index in [4.69, 9.17) is 9.97 Å². The molecule has 4 aromatic carbocycles. The van der Waals surface area contributed by atoms with Crippen molar-refractivity contribution in [2.24, 2.45) is 0 Å². The van der Waals surface area contributed by atoms with Crippen molar-refractivity contribution >= 4 is 21.5 Å². The van der Waals surface area contributed by atoms with Crippen molar-refractivity contribution in [3.8, 4) is 56.2 Å². The highest BCUT2D eigenvalue weighted by atomic mass is 14.8. The fourth-order valence-corrected chi connectivity index (χ4v) is 6.03. The summed E-state index contributed by atoms with van der Waals surface area (Å²) in [6.07, 6.45) is 7.54. The van der Waals surface area contributed by atoms with Crippen LogP contribution < -0.4 is 0 Å². The molecule has 206 valence electrons. The van der Waals surface area contributed by atoms with Crippen molar-refractivity contribution in [2.45, 2.75) is 0 Å². The van der Waals surface area contributed by atoms with E-state index in [0.717, 1.165) is 45.0 Å². The molecule has 0 aliphatic heterocycles. The van der Waals surface area contributed by atoms with Gasteiger partial charge in [0, 0.05) is 35.9 Å². The molecule has 0 bridgehead atoms. The Morgan fingerprint density at radius 2 is 0.773 bits per heavy atom. The average Bonchev–Trinajstić information content (AvgIpc) is 3.12. The molecule has 8 aromatic rings. The maximum absolute atomic E-state index is 4.86. The lowest BCUT2D eigenvalue weighted by Gasteiger charge is -2.18. The quantitative estimate of drug-likeness (QED) is 0.196. The van der Waals surface area contributed by atoms with Crippen LogP contribution in [0.4, 0.5) is 0 Å². The highest BCUT2D eigenvalue weighted by Crippen LogP contribution is 2.44. The van der Waals surface area contributed by atoms with Crippen LogP contribution in [-0.2, 0) is 0 Å². The minimum absolute atomic E-state index is 0.851. The molecule has 0 atom stereocenters. The molecule has 0 amide bonds. The highest BCUT2D eigenvalue weighted by Gasteiger charge is 2.18. The van der Waals surface area contributed by atoms with Crippen molar-refractivity contribution in [3.63, 3.8) is 0 Å². The summed E-state index contributed by atoms with van der Waals surface area (Å²) in [6.45, 7) is 0. The third-order valence-electron chi connectivity index (χ3n) is 8.09. The first-order chi connectivity index (χ1) is 21.8. The summed E-state index contributed by atoms with van der Waals surface area (Å²) < 4.78 is 0. The maximum Gasteiger partial charge on any atom is 0.0886 e. The lowest BCUT2D eigenvalue weighted by atomic mass is 9.85. The van der Waals surface area contributed by atoms with E-state index in [2.05, 4.69) is 107 Å². The number of hydrogen-bond acceptors (Lipinski definition) is 4. The van der Waals surface area contributed by atoms with Crippen LogP contribution in [-0.4, -0.2) is 19.9 Å². The van der Waals surface area contributed by atoms with Gasteiger partial charge in [0.1, 0.15) is 0 Å². The van der Waals surface area contributed by atoms with Crippen molar-refractivity contribution < 1.29 is 0 Å². The van der Waals surface area contributed by atoms with Crippen molar-refractivity contribution in [1.82, 2.24) is 19.9 Å². The molecular formula is C40H26N4. The Morgan fingerprint density at radius 1 is 0.295 bits per heavy atom. The molecule has 0 aliphatic rings. The van der Waals surface area contributed by atoms with Crippen molar-refractivity contribution in [1.29, 1.82) is 0 Å². The van der Waals surface area contributed by atoms with E-state index in [-0.39, 0.29) is 0 Å². The Kier molecular flexibility index (Phi) is 6.43. The lowest BCUT2D eigenvalue weighted by molar-refractivity contribution is 1.25. The topological polar surface area (TPSA) is 51.6 Å². The van der Waals surface area contributed by atoms with Gasteiger partial charge in [0.25, 0.3) is 0 Å². The smallest absolute Gasteiger partial charge is 0.0886 e. The van der Waals surface area contributed by atoms with Gasteiger partial charge in [0.2, 0.25) is 0 Å². The van der Waals surface area contributed by atoms with Gasteiger partial charge in [-0.05, 0) is 86.3 Å². The molecule has 4 nitrogen and oxygen atoms in total. The number of rotatable bonds is 5. The zero-order valence-electron chi connectivity index (χ0n) is 23.8. The third-order valence-corrected chi connectivity index (χ3v) is 8.09. The fraction of sp³-hybridized carbons (Fsp3) is 0. The molecule has 4 heterocycles. The van der Waals surface area contributed by atoms with Crippen LogP contribution in [0, 0.1) is 0 Å². The summed E-state index contributed by atoms with van der Waals surface area (Å²) in [4.78, 5) is 18.7. The molecule has 4 heteroatoms. The van der Waals surface area contributed by atoms with Crippen LogP contribution in [0.3, 0.4) is 0 Å². The molecular weight excluding hydrogens is 536 g/mol. The van der Waals surface area contributed by atoms with E-state index in [1.807, 2.05) is 48.8 Å². The first kappa shape index (κ1) is 25.7.